The van der Waals surface area contributed by atoms with Crippen molar-refractivity contribution in [2.24, 2.45) is 7.05 Å². The zero-order valence-corrected chi connectivity index (χ0v) is 14.1. The van der Waals surface area contributed by atoms with Crippen molar-refractivity contribution in [2.45, 2.75) is 6.42 Å². The molecule has 0 aliphatic rings. The number of nitrogens with zero attached hydrogens (tertiary/aromatic N) is 2. The van der Waals surface area contributed by atoms with E-state index in [0.717, 1.165) is 16.9 Å². The summed E-state index contributed by atoms with van der Waals surface area (Å²) in [6.45, 7) is 0.490. The number of hydrogen-bond acceptors (Lipinski definition) is 3. The van der Waals surface area contributed by atoms with Crippen LogP contribution in [-0.4, -0.2) is 28.6 Å². The molecule has 0 unspecified atom stereocenters. The van der Waals surface area contributed by atoms with E-state index in [1.54, 1.807) is 24.3 Å². The van der Waals surface area contributed by atoms with Crippen molar-refractivity contribution >= 4 is 28.5 Å². The number of amides is 1. The molecule has 0 saturated carbocycles. The Hall–Kier alpha value is -2.53. The third-order valence-corrected chi connectivity index (χ3v) is 3.99. The first-order valence-electron chi connectivity index (χ1n) is 7.69. The number of benzene rings is 2. The highest BCUT2D eigenvalue weighted by Gasteiger charge is 2.08. The SMILES string of the molecule is Cn1c(CCNC(=O)COc2ccc(Cl)cc2)nc2ccccc21. The van der Waals surface area contributed by atoms with E-state index in [1.807, 2.05) is 35.9 Å². The third kappa shape index (κ3) is 3.86. The third-order valence-electron chi connectivity index (χ3n) is 3.73. The summed E-state index contributed by atoms with van der Waals surface area (Å²) >= 11 is 5.80. The van der Waals surface area contributed by atoms with Crippen molar-refractivity contribution in [3.63, 3.8) is 0 Å². The number of aromatic nitrogens is 2. The van der Waals surface area contributed by atoms with Gasteiger partial charge in [0.25, 0.3) is 5.91 Å². The summed E-state index contributed by atoms with van der Waals surface area (Å²) in [4.78, 5) is 16.4. The molecule has 0 bridgehead atoms. The predicted molar refractivity (Wildman–Crippen MR) is 94.4 cm³/mol. The molecule has 1 aromatic heterocycles. The van der Waals surface area contributed by atoms with Crippen molar-refractivity contribution < 1.29 is 9.53 Å². The summed E-state index contributed by atoms with van der Waals surface area (Å²) in [5.74, 6) is 1.39. The lowest BCUT2D eigenvalue weighted by molar-refractivity contribution is -0.123. The Morgan fingerprint density at radius 2 is 1.96 bits per heavy atom. The van der Waals surface area contributed by atoms with E-state index in [2.05, 4.69) is 10.3 Å². The largest absolute Gasteiger partial charge is 0.484 e. The highest BCUT2D eigenvalue weighted by molar-refractivity contribution is 6.30. The quantitative estimate of drug-likeness (QED) is 0.748. The molecule has 24 heavy (non-hydrogen) atoms. The van der Waals surface area contributed by atoms with E-state index in [1.165, 1.54) is 0 Å². The Bertz CT molecular complexity index is 843. The van der Waals surface area contributed by atoms with Gasteiger partial charge in [-0.05, 0) is 36.4 Å². The Morgan fingerprint density at radius 1 is 1.21 bits per heavy atom. The van der Waals surface area contributed by atoms with Crippen LogP contribution >= 0.6 is 11.6 Å². The van der Waals surface area contributed by atoms with Crippen molar-refractivity contribution in [2.75, 3.05) is 13.2 Å². The summed E-state index contributed by atoms with van der Waals surface area (Å²) in [5, 5.41) is 3.47. The number of aryl methyl sites for hydroxylation is 1. The van der Waals surface area contributed by atoms with Crippen LogP contribution in [0.1, 0.15) is 5.82 Å². The average molecular weight is 344 g/mol. The van der Waals surface area contributed by atoms with Gasteiger partial charge in [0.1, 0.15) is 11.6 Å². The molecular formula is C18H18ClN3O2. The number of para-hydroxylation sites is 2. The molecule has 3 aromatic rings. The second kappa shape index (κ2) is 7.36. The summed E-state index contributed by atoms with van der Waals surface area (Å²) < 4.78 is 7.45. The fraction of sp³-hybridized carbons (Fsp3) is 0.222. The molecule has 0 atom stereocenters. The average Bonchev–Trinajstić information content (AvgIpc) is 2.91. The van der Waals surface area contributed by atoms with Gasteiger partial charge in [0.05, 0.1) is 11.0 Å². The van der Waals surface area contributed by atoms with Gasteiger partial charge in [-0.25, -0.2) is 4.98 Å². The maximum atomic E-state index is 11.8. The second-order valence-corrected chi connectivity index (χ2v) is 5.85. The molecule has 3 rings (SSSR count). The van der Waals surface area contributed by atoms with Crippen molar-refractivity contribution in [3.8, 4) is 5.75 Å². The standard InChI is InChI=1S/C18H18ClN3O2/c1-22-16-5-3-2-4-15(16)21-17(22)10-11-20-18(23)12-24-14-8-6-13(19)7-9-14/h2-9H,10-12H2,1H3,(H,20,23). The van der Waals surface area contributed by atoms with Gasteiger partial charge in [0.2, 0.25) is 0 Å². The van der Waals surface area contributed by atoms with Crippen molar-refractivity contribution in [3.05, 3.63) is 59.4 Å². The first-order valence-corrected chi connectivity index (χ1v) is 8.06. The van der Waals surface area contributed by atoms with Gasteiger partial charge in [-0.3, -0.25) is 4.79 Å². The van der Waals surface area contributed by atoms with Crippen LogP contribution in [0.2, 0.25) is 5.02 Å². The number of fused-ring (bicyclic) bond motifs is 1. The van der Waals surface area contributed by atoms with E-state index < -0.39 is 0 Å². The molecule has 6 heteroatoms. The smallest absolute Gasteiger partial charge is 0.257 e. The molecule has 0 aliphatic heterocycles. The lowest BCUT2D eigenvalue weighted by Crippen LogP contribution is -2.31. The number of carbonyl (C=O) groups excluding carboxylic acids is 1. The minimum absolute atomic E-state index is 0.0236. The number of carbonyl (C=O) groups is 1. The van der Waals surface area contributed by atoms with Gasteiger partial charge >= 0.3 is 0 Å². The van der Waals surface area contributed by atoms with E-state index in [9.17, 15) is 4.79 Å². The molecule has 0 radical (unpaired) electrons. The van der Waals surface area contributed by atoms with Crippen LogP contribution in [0.3, 0.4) is 0 Å². The summed E-state index contributed by atoms with van der Waals surface area (Å²) in [5.41, 5.74) is 2.05. The van der Waals surface area contributed by atoms with Crippen LogP contribution in [0.15, 0.2) is 48.5 Å². The molecule has 1 amide bonds. The fourth-order valence-corrected chi connectivity index (χ4v) is 2.59. The highest BCUT2D eigenvalue weighted by atomic mass is 35.5. The van der Waals surface area contributed by atoms with Gasteiger partial charge in [-0.1, -0.05) is 23.7 Å². The number of ether oxygens (including phenoxy) is 1. The number of nitrogens with one attached hydrogen (secondary N) is 1. The molecule has 2 aromatic carbocycles. The zero-order chi connectivity index (χ0) is 16.9. The molecule has 0 fully saturated rings. The first kappa shape index (κ1) is 16.3. The van der Waals surface area contributed by atoms with Gasteiger partial charge in [0.15, 0.2) is 6.61 Å². The maximum absolute atomic E-state index is 11.8. The minimum Gasteiger partial charge on any atom is -0.484 e. The van der Waals surface area contributed by atoms with E-state index >= 15 is 0 Å². The monoisotopic (exact) mass is 343 g/mol. The lowest BCUT2D eigenvalue weighted by Gasteiger charge is -2.07. The van der Waals surface area contributed by atoms with Gasteiger partial charge in [-0.15, -0.1) is 0 Å². The number of imidazole rings is 1. The highest BCUT2D eigenvalue weighted by Crippen LogP contribution is 2.15. The summed E-state index contributed by atoms with van der Waals surface area (Å²) in [7, 11) is 1.98. The van der Waals surface area contributed by atoms with Crippen LogP contribution in [0.4, 0.5) is 0 Å². The van der Waals surface area contributed by atoms with Crippen molar-refractivity contribution in [1.29, 1.82) is 0 Å². The van der Waals surface area contributed by atoms with Gasteiger partial charge in [0, 0.05) is 25.0 Å². The molecule has 124 valence electrons. The molecule has 1 heterocycles. The maximum Gasteiger partial charge on any atom is 0.257 e. The normalized spacial score (nSPS) is 10.8. The van der Waals surface area contributed by atoms with Gasteiger partial charge in [-0.2, -0.15) is 0 Å². The van der Waals surface area contributed by atoms with Crippen LogP contribution < -0.4 is 10.1 Å². The molecular weight excluding hydrogens is 326 g/mol. The van der Waals surface area contributed by atoms with Crippen LogP contribution in [-0.2, 0) is 18.3 Å². The second-order valence-electron chi connectivity index (χ2n) is 5.42. The van der Waals surface area contributed by atoms with Crippen LogP contribution in [0.5, 0.6) is 5.75 Å². The van der Waals surface area contributed by atoms with Crippen LogP contribution in [0.25, 0.3) is 11.0 Å². The Labute approximate surface area is 145 Å². The van der Waals surface area contributed by atoms with E-state index in [0.29, 0.717) is 23.7 Å². The number of rotatable bonds is 6. The molecule has 5 nitrogen and oxygen atoms in total. The molecule has 1 N–H and O–H groups in total. The topological polar surface area (TPSA) is 56.2 Å². The Balaban J connectivity index is 1.47. The number of halogens is 1. The summed E-state index contributed by atoms with van der Waals surface area (Å²) in [6, 6.07) is 14.9. The number of hydrogen-bond donors (Lipinski definition) is 1. The lowest BCUT2D eigenvalue weighted by atomic mass is 10.3. The minimum atomic E-state index is -0.163. The summed E-state index contributed by atoms with van der Waals surface area (Å²) in [6.07, 6.45) is 0.665. The zero-order valence-electron chi connectivity index (χ0n) is 13.3. The molecule has 0 spiro atoms. The molecule has 0 saturated heterocycles. The molecule has 0 aliphatic carbocycles. The fourth-order valence-electron chi connectivity index (χ4n) is 2.46. The van der Waals surface area contributed by atoms with Crippen molar-refractivity contribution in [1.82, 2.24) is 14.9 Å². The first-order chi connectivity index (χ1) is 11.6. The Morgan fingerprint density at radius 3 is 2.71 bits per heavy atom. The van der Waals surface area contributed by atoms with E-state index in [-0.39, 0.29) is 12.5 Å². The Kier molecular flexibility index (Phi) is 5.01. The van der Waals surface area contributed by atoms with Crippen LogP contribution in [0, 0.1) is 0 Å². The predicted octanol–water partition coefficient (Wildman–Crippen LogP) is 2.96. The van der Waals surface area contributed by atoms with Gasteiger partial charge < -0.3 is 14.6 Å². The van der Waals surface area contributed by atoms with E-state index in [4.69, 9.17) is 16.3 Å².